The maximum Gasteiger partial charge on any atom is 0.200 e. The number of aromatic nitrogens is 2. The van der Waals surface area contributed by atoms with Gasteiger partial charge in [0.15, 0.2) is 0 Å². The van der Waals surface area contributed by atoms with Crippen molar-refractivity contribution < 1.29 is 0 Å². The van der Waals surface area contributed by atoms with Crippen LogP contribution in [0.2, 0.25) is 0 Å². The lowest BCUT2D eigenvalue weighted by molar-refractivity contribution is 1.28. The van der Waals surface area contributed by atoms with Crippen LogP contribution in [0.3, 0.4) is 0 Å². The fourth-order valence-corrected chi connectivity index (χ4v) is 1.21. The molecule has 2 radical (unpaired) electrons. The van der Waals surface area contributed by atoms with Crippen molar-refractivity contribution in [3.05, 3.63) is 12.1 Å². The first kappa shape index (κ1) is 7.98. The van der Waals surface area contributed by atoms with E-state index in [1.54, 1.807) is 19.2 Å². The average Bonchev–Trinajstić information content (AvgIpc) is 2.48. The average molecular weight is 172 g/mol. The van der Waals surface area contributed by atoms with Crippen molar-refractivity contribution in [2.45, 2.75) is 0 Å². The van der Waals surface area contributed by atoms with Crippen molar-refractivity contribution in [3.8, 4) is 0 Å². The molecule has 1 aromatic carbocycles. The topological polar surface area (TPSA) is 66.7 Å². The van der Waals surface area contributed by atoms with Crippen LogP contribution in [0.1, 0.15) is 0 Å². The van der Waals surface area contributed by atoms with Gasteiger partial charge in [0.25, 0.3) is 0 Å². The van der Waals surface area contributed by atoms with E-state index in [2.05, 4.69) is 15.3 Å². The van der Waals surface area contributed by atoms with E-state index >= 15 is 0 Å². The van der Waals surface area contributed by atoms with E-state index in [4.69, 9.17) is 13.6 Å². The molecule has 0 unspecified atom stereocenters. The summed E-state index contributed by atoms with van der Waals surface area (Å²) in [4.78, 5) is 7.29. The number of nitrogens with two attached hydrogens (primary N) is 1. The molecule has 0 aliphatic carbocycles. The van der Waals surface area contributed by atoms with E-state index in [1.807, 2.05) is 0 Å². The molecule has 2 rings (SSSR count). The van der Waals surface area contributed by atoms with E-state index in [0.29, 0.717) is 17.1 Å². The van der Waals surface area contributed by atoms with Crippen LogP contribution in [-0.2, 0) is 0 Å². The largest absolute Gasteiger partial charge is 0.399 e. The molecule has 4 N–H and O–H groups in total. The maximum absolute atomic E-state index is 5.64. The lowest BCUT2D eigenvalue weighted by Gasteiger charge is -1.97. The fraction of sp³-hybridized carbons (Fsp3) is 0.125. The summed E-state index contributed by atoms with van der Waals surface area (Å²) in [6.45, 7) is 0. The first-order valence-electron chi connectivity index (χ1n) is 3.93. The first-order valence-corrected chi connectivity index (χ1v) is 3.93. The quantitative estimate of drug-likeness (QED) is 0.418. The third-order valence-corrected chi connectivity index (χ3v) is 1.92. The molecule has 5 heteroatoms. The molecule has 1 aromatic heterocycles. The third-order valence-electron chi connectivity index (χ3n) is 1.92. The van der Waals surface area contributed by atoms with Gasteiger partial charge in [0.1, 0.15) is 7.85 Å². The number of nitrogens with one attached hydrogen (secondary N) is 2. The van der Waals surface area contributed by atoms with Gasteiger partial charge < -0.3 is 16.0 Å². The molecule has 0 aliphatic rings. The summed E-state index contributed by atoms with van der Waals surface area (Å²) < 4.78 is 0. The lowest BCUT2D eigenvalue weighted by atomic mass is 9.94. The summed E-state index contributed by atoms with van der Waals surface area (Å²) in [7, 11) is 7.44. The van der Waals surface area contributed by atoms with E-state index in [9.17, 15) is 0 Å². The minimum Gasteiger partial charge on any atom is -0.399 e. The van der Waals surface area contributed by atoms with Crippen molar-refractivity contribution in [2.75, 3.05) is 18.1 Å². The van der Waals surface area contributed by atoms with Crippen LogP contribution in [0.4, 0.5) is 11.6 Å². The highest BCUT2D eigenvalue weighted by Crippen LogP contribution is 2.14. The van der Waals surface area contributed by atoms with Gasteiger partial charge in [0, 0.05) is 12.7 Å². The number of rotatable bonds is 1. The van der Waals surface area contributed by atoms with Gasteiger partial charge in [0.2, 0.25) is 5.95 Å². The first-order chi connectivity index (χ1) is 6.20. The molecular weight excluding hydrogens is 163 g/mol. The number of benzene rings is 1. The molecule has 0 atom stereocenters. The van der Waals surface area contributed by atoms with Crippen molar-refractivity contribution in [2.24, 2.45) is 0 Å². The van der Waals surface area contributed by atoms with Crippen molar-refractivity contribution in [3.63, 3.8) is 0 Å². The Hall–Kier alpha value is -1.65. The second-order valence-electron chi connectivity index (χ2n) is 2.83. The summed E-state index contributed by atoms with van der Waals surface area (Å²) in [5.41, 5.74) is 8.46. The van der Waals surface area contributed by atoms with Crippen LogP contribution >= 0.6 is 0 Å². The highest BCUT2D eigenvalue weighted by Gasteiger charge is 2.02. The minimum atomic E-state index is 0.557. The SMILES string of the molecule is [B]c1cc2[nH]c(NC)nc2cc1N. The molecule has 0 bridgehead atoms. The predicted octanol–water partition coefficient (Wildman–Crippen LogP) is -0.0194. The van der Waals surface area contributed by atoms with Gasteiger partial charge in [-0.1, -0.05) is 5.46 Å². The smallest absolute Gasteiger partial charge is 0.200 e. The van der Waals surface area contributed by atoms with Crippen LogP contribution in [-0.4, -0.2) is 24.9 Å². The normalized spacial score (nSPS) is 10.5. The Morgan fingerprint density at radius 2 is 2.31 bits per heavy atom. The van der Waals surface area contributed by atoms with E-state index in [0.717, 1.165) is 11.0 Å². The van der Waals surface area contributed by atoms with Gasteiger partial charge in [-0.25, -0.2) is 4.98 Å². The number of imidazole rings is 1. The molecule has 64 valence electrons. The Morgan fingerprint density at radius 1 is 1.54 bits per heavy atom. The zero-order chi connectivity index (χ0) is 9.42. The second-order valence-corrected chi connectivity index (χ2v) is 2.83. The zero-order valence-corrected chi connectivity index (χ0v) is 7.26. The summed E-state index contributed by atoms with van der Waals surface area (Å²) >= 11 is 0. The molecule has 0 amide bonds. The van der Waals surface area contributed by atoms with Gasteiger partial charge in [-0.2, -0.15) is 0 Å². The molecule has 1 heterocycles. The van der Waals surface area contributed by atoms with Gasteiger partial charge in [-0.05, 0) is 12.1 Å². The number of hydrogen-bond donors (Lipinski definition) is 3. The second kappa shape index (κ2) is 2.69. The molecular formula is C8H9BN4. The van der Waals surface area contributed by atoms with Crippen LogP contribution < -0.4 is 16.5 Å². The Labute approximate surface area is 76.9 Å². The summed E-state index contributed by atoms with van der Waals surface area (Å²) in [5.74, 6) is 0.708. The van der Waals surface area contributed by atoms with Crippen LogP contribution in [0, 0.1) is 0 Å². The highest BCUT2D eigenvalue weighted by atomic mass is 15.1. The fourth-order valence-electron chi connectivity index (χ4n) is 1.21. The van der Waals surface area contributed by atoms with Crippen molar-refractivity contribution >= 4 is 36.0 Å². The monoisotopic (exact) mass is 172 g/mol. The number of aromatic amines is 1. The molecule has 0 saturated carbocycles. The Kier molecular flexibility index (Phi) is 1.65. The number of hydrogen-bond acceptors (Lipinski definition) is 3. The molecule has 2 aromatic rings. The predicted molar refractivity (Wildman–Crippen MR) is 55.4 cm³/mol. The van der Waals surface area contributed by atoms with E-state index in [1.165, 1.54) is 0 Å². The third kappa shape index (κ3) is 1.22. The van der Waals surface area contributed by atoms with Gasteiger partial charge in [0.05, 0.1) is 11.0 Å². The van der Waals surface area contributed by atoms with Crippen LogP contribution in [0.15, 0.2) is 12.1 Å². The Morgan fingerprint density at radius 3 is 3.00 bits per heavy atom. The van der Waals surface area contributed by atoms with Crippen molar-refractivity contribution in [1.82, 2.24) is 9.97 Å². The molecule has 0 spiro atoms. The summed E-state index contributed by atoms with van der Waals surface area (Å²) in [6, 6.07) is 3.53. The van der Waals surface area contributed by atoms with Crippen LogP contribution in [0.5, 0.6) is 0 Å². The van der Waals surface area contributed by atoms with Crippen LogP contribution in [0.25, 0.3) is 11.0 Å². The molecule has 13 heavy (non-hydrogen) atoms. The van der Waals surface area contributed by atoms with Gasteiger partial charge in [-0.15, -0.1) is 0 Å². The number of nitrogen functional groups attached to an aromatic ring is 1. The molecule has 0 saturated heterocycles. The summed E-state index contributed by atoms with van der Waals surface area (Å²) in [5, 5.41) is 2.91. The standard InChI is InChI=1S/C8H9BN4/c1-11-8-12-6-2-4(9)5(10)3-7(6)13-8/h2-3H,10H2,1H3,(H2,11,12,13). The zero-order valence-electron chi connectivity index (χ0n) is 7.26. The molecule has 0 aliphatic heterocycles. The number of H-pyrrole nitrogens is 1. The number of anilines is 2. The van der Waals surface area contributed by atoms with Crippen molar-refractivity contribution in [1.29, 1.82) is 0 Å². The summed E-state index contributed by atoms with van der Waals surface area (Å²) in [6.07, 6.45) is 0. The van der Waals surface area contributed by atoms with Gasteiger partial charge in [-0.3, -0.25) is 0 Å². The lowest BCUT2D eigenvalue weighted by Crippen LogP contribution is -2.08. The maximum atomic E-state index is 5.64. The Bertz CT molecular complexity index is 410. The van der Waals surface area contributed by atoms with E-state index in [-0.39, 0.29) is 0 Å². The number of nitrogens with zero attached hydrogens (tertiary/aromatic N) is 1. The number of fused-ring (bicyclic) bond motifs is 1. The molecule has 4 nitrogen and oxygen atoms in total. The molecule has 0 fully saturated rings. The minimum absolute atomic E-state index is 0.557. The highest BCUT2D eigenvalue weighted by molar-refractivity contribution is 6.36. The van der Waals surface area contributed by atoms with E-state index < -0.39 is 0 Å². The Balaban J connectivity index is 2.70. The van der Waals surface area contributed by atoms with Gasteiger partial charge >= 0.3 is 0 Å².